The van der Waals surface area contributed by atoms with Gasteiger partial charge < -0.3 is 13.9 Å². The maximum Gasteiger partial charge on any atom is 0.200 e. The standard InChI is InChI=1S/C28H29ClN2O4.2ClH/c1-20-18-21(6-8-25(20)29)33-16-14-30-10-12-31(13-11-30)15-17-34-22-7-9-27-24(19-22)28(32)23-4-2-3-5-26(23)35-27;;/h2-9,18-19H,10-17H2,1H3;2*1H. The molecule has 2 heterocycles. The first-order chi connectivity index (χ1) is 17.1. The summed E-state index contributed by atoms with van der Waals surface area (Å²) in [7, 11) is 0. The molecule has 1 aromatic heterocycles. The lowest BCUT2D eigenvalue weighted by molar-refractivity contribution is 0.105. The van der Waals surface area contributed by atoms with Gasteiger partial charge in [0.15, 0.2) is 0 Å². The summed E-state index contributed by atoms with van der Waals surface area (Å²) in [5.74, 6) is 1.55. The number of piperazine rings is 1. The van der Waals surface area contributed by atoms with Crippen molar-refractivity contribution in [3.05, 3.63) is 81.5 Å². The fourth-order valence-electron chi connectivity index (χ4n) is 4.40. The summed E-state index contributed by atoms with van der Waals surface area (Å²) in [4.78, 5) is 17.7. The number of benzene rings is 3. The second-order valence-electron chi connectivity index (χ2n) is 8.88. The Kier molecular flexibility index (Phi) is 10.5. The van der Waals surface area contributed by atoms with Crippen LogP contribution in [0.15, 0.2) is 69.9 Å². The van der Waals surface area contributed by atoms with E-state index in [9.17, 15) is 4.79 Å². The van der Waals surface area contributed by atoms with Crippen LogP contribution in [0.3, 0.4) is 0 Å². The lowest BCUT2D eigenvalue weighted by Gasteiger charge is -2.34. The first kappa shape index (κ1) is 29.1. The van der Waals surface area contributed by atoms with Gasteiger partial charge in [0, 0.05) is 44.3 Å². The van der Waals surface area contributed by atoms with Crippen molar-refractivity contribution in [2.45, 2.75) is 6.92 Å². The van der Waals surface area contributed by atoms with Gasteiger partial charge in [-0.3, -0.25) is 14.6 Å². The van der Waals surface area contributed by atoms with E-state index in [1.807, 2.05) is 55.5 Å². The zero-order chi connectivity index (χ0) is 24.2. The van der Waals surface area contributed by atoms with E-state index in [1.165, 1.54) is 0 Å². The summed E-state index contributed by atoms with van der Waals surface area (Å²) in [5.41, 5.74) is 2.18. The van der Waals surface area contributed by atoms with E-state index in [0.29, 0.717) is 40.9 Å². The van der Waals surface area contributed by atoms with E-state index in [-0.39, 0.29) is 30.2 Å². The number of hydrogen-bond acceptors (Lipinski definition) is 6. The van der Waals surface area contributed by atoms with Crippen LogP contribution in [0.1, 0.15) is 5.56 Å². The van der Waals surface area contributed by atoms with Gasteiger partial charge in [-0.1, -0.05) is 23.7 Å². The smallest absolute Gasteiger partial charge is 0.200 e. The van der Waals surface area contributed by atoms with Crippen molar-refractivity contribution < 1.29 is 13.9 Å². The van der Waals surface area contributed by atoms with Gasteiger partial charge in [0.2, 0.25) is 5.43 Å². The Labute approximate surface area is 233 Å². The molecule has 0 spiro atoms. The minimum Gasteiger partial charge on any atom is -0.492 e. The van der Waals surface area contributed by atoms with Crippen LogP contribution in [0, 0.1) is 6.92 Å². The maximum absolute atomic E-state index is 12.8. The zero-order valence-corrected chi connectivity index (χ0v) is 23.0. The van der Waals surface area contributed by atoms with Crippen molar-refractivity contribution in [3.8, 4) is 11.5 Å². The molecule has 0 aliphatic carbocycles. The molecule has 1 aliphatic heterocycles. The van der Waals surface area contributed by atoms with Crippen molar-refractivity contribution in [2.24, 2.45) is 0 Å². The lowest BCUT2D eigenvalue weighted by atomic mass is 10.1. The third-order valence-corrected chi connectivity index (χ3v) is 6.92. The molecule has 1 saturated heterocycles. The molecule has 1 aliphatic rings. The van der Waals surface area contributed by atoms with Gasteiger partial charge in [0.25, 0.3) is 0 Å². The van der Waals surface area contributed by atoms with E-state index in [1.54, 1.807) is 12.1 Å². The van der Waals surface area contributed by atoms with Gasteiger partial charge in [0.05, 0.1) is 10.8 Å². The number of para-hydroxylation sites is 1. The second kappa shape index (κ2) is 13.4. The highest BCUT2D eigenvalue weighted by atomic mass is 35.5. The monoisotopic (exact) mass is 564 g/mol. The summed E-state index contributed by atoms with van der Waals surface area (Å²) in [6, 6.07) is 18.5. The normalized spacial score (nSPS) is 14.2. The van der Waals surface area contributed by atoms with Crippen molar-refractivity contribution in [2.75, 3.05) is 52.5 Å². The summed E-state index contributed by atoms with van der Waals surface area (Å²) < 4.78 is 17.7. The molecule has 4 aromatic rings. The Bertz CT molecular complexity index is 1390. The number of hydrogen-bond donors (Lipinski definition) is 0. The van der Waals surface area contributed by atoms with Crippen molar-refractivity contribution >= 4 is 58.4 Å². The molecule has 0 atom stereocenters. The van der Waals surface area contributed by atoms with Crippen LogP contribution in [-0.4, -0.2) is 62.3 Å². The summed E-state index contributed by atoms with van der Waals surface area (Å²) in [5, 5.41) is 1.90. The van der Waals surface area contributed by atoms with Gasteiger partial charge in [-0.25, -0.2) is 0 Å². The number of fused-ring (bicyclic) bond motifs is 2. The van der Waals surface area contributed by atoms with Crippen molar-refractivity contribution in [3.63, 3.8) is 0 Å². The van der Waals surface area contributed by atoms with E-state index in [4.69, 9.17) is 25.5 Å². The molecular weight excluding hydrogens is 535 g/mol. The summed E-state index contributed by atoms with van der Waals surface area (Å²) >= 11 is 6.08. The van der Waals surface area contributed by atoms with Crippen LogP contribution >= 0.6 is 36.4 Å². The van der Waals surface area contributed by atoms with E-state index >= 15 is 0 Å². The third-order valence-electron chi connectivity index (χ3n) is 6.49. The Morgan fingerprint density at radius 2 is 1.35 bits per heavy atom. The number of halogens is 3. The van der Waals surface area contributed by atoms with Crippen LogP contribution in [0.4, 0.5) is 0 Å². The second-order valence-corrected chi connectivity index (χ2v) is 9.28. The van der Waals surface area contributed by atoms with Gasteiger partial charge in [0.1, 0.15) is 35.9 Å². The lowest BCUT2D eigenvalue weighted by Crippen LogP contribution is -2.48. The Morgan fingerprint density at radius 1 is 0.784 bits per heavy atom. The molecule has 5 rings (SSSR count). The van der Waals surface area contributed by atoms with Crippen LogP contribution in [0.2, 0.25) is 5.02 Å². The molecule has 0 bridgehead atoms. The third kappa shape index (κ3) is 7.09. The van der Waals surface area contributed by atoms with Crippen LogP contribution in [0.25, 0.3) is 21.9 Å². The molecule has 0 saturated carbocycles. The fraction of sp³-hybridized carbons (Fsp3) is 0.321. The van der Waals surface area contributed by atoms with Crippen LogP contribution in [-0.2, 0) is 0 Å². The molecular formula is C28H31Cl3N2O4. The largest absolute Gasteiger partial charge is 0.492 e. The molecule has 0 radical (unpaired) electrons. The average molecular weight is 566 g/mol. The average Bonchev–Trinajstić information content (AvgIpc) is 2.88. The minimum absolute atomic E-state index is 0. The molecule has 0 unspecified atom stereocenters. The summed E-state index contributed by atoms with van der Waals surface area (Å²) in [6.07, 6.45) is 0. The number of nitrogens with zero attached hydrogens (tertiary/aromatic N) is 2. The van der Waals surface area contributed by atoms with Gasteiger partial charge in [-0.2, -0.15) is 0 Å². The van der Waals surface area contributed by atoms with Crippen molar-refractivity contribution in [1.82, 2.24) is 9.80 Å². The summed E-state index contributed by atoms with van der Waals surface area (Å²) in [6.45, 7) is 8.97. The molecule has 198 valence electrons. The predicted molar refractivity (Wildman–Crippen MR) is 155 cm³/mol. The van der Waals surface area contributed by atoms with Gasteiger partial charge in [-0.05, 0) is 61.0 Å². The number of ether oxygens (including phenoxy) is 2. The van der Waals surface area contributed by atoms with Crippen molar-refractivity contribution in [1.29, 1.82) is 0 Å². The first-order valence-electron chi connectivity index (χ1n) is 12.0. The highest BCUT2D eigenvalue weighted by Gasteiger charge is 2.17. The van der Waals surface area contributed by atoms with Gasteiger partial charge in [-0.15, -0.1) is 24.8 Å². The molecule has 37 heavy (non-hydrogen) atoms. The highest BCUT2D eigenvalue weighted by Crippen LogP contribution is 2.23. The number of aryl methyl sites for hydroxylation is 1. The Balaban J connectivity index is 0.00000190. The van der Waals surface area contributed by atoms with Gasteiger partial charge >= 0.3 is 0 Å². The molecule has 3 aromatic carbocycles. The molecule has 1 fully saturated rings. The quantitative estimate of drug-likeness (QED) is 0.251. The zero-order valence-electron chi connectivity index (χ0n) is 20.7. The topological polar surface area (TPSA) is 55.1 Å². The Hall–Kier alpha value is -2.48. The molecule has 9 heteroatoms. The SMILES string of the molecule is Cc1cc(OCCN2CCN(CCOc3ccc4oc5ccccc5c(=O)c4c3)CC2)ccc1Cl.Cl.Cl. The minimum atomic E-state index is -0.0291. The Morgan fingerprint density at radius 3 is 2.00 bits per heavy atom. The van der Waals surface area contributed by atoms with Crippen LogP contribution < -0.4 is 14.9 Å². The molecule has 0 amide bonds. The molecule has 6 nitrogen and oxygen atoms in total. The number of rotatable bonds is 8. The van der Waals surface area contributed by atoms with Crippen LogP contribution in [0.5, 0.6) is 11.5 Å². The highest BCUT2D eigenvalue weighted by molar-refractivity contribution is 6.31. The first-order valence-corrected chi connectivity index (χ1v) is 12.4. The fourth-order valence-corrected chi connectivity index (χ4v) is 4.52. The van der Waals surface area contributed by atoms with E-state index in [0.717, 1.165) is 55.6 Å². The van der Waals surface area contributed by atoms with E-state index in [2.05, 4.69) is 9.80 Å². The maximum atomic E-state index is 12.8. The molecule has 0 N–H and O–H groups in total. The predicted octanol–water partition coefficient (Wildman–Crippen LogP) is 5.83. The van der Waals surface area contributed by atoms with E-state index < -0.39 is 0 Å².